The van der Waals surface area contributed by atoms with Crippen molar-refractivity contribution in [1.82, 2.24) is 10.0 Å². The highest BCUT2D eigenvalue weighted by Gasteiger charge is 2.29. The number of nitrogens with zero attached hydrogens (tertiary/aromatic N) is 1. The van der Waals surface area contributed by atoms with Gasteiger partial charge in [0.2, 0.25) is 5.84 Å². The Morgan fingerprint density at radius 2 is 1.73 bits per heavy atom. The molecule has 26 heavy (non-hydrogen) atoms. The lowest BCUT2D eigenvalue weighted by molar-refractivity contribution is -0.138. The van der Waals surface area contributed by atoms with Gasteiger partial charge in [-0.15, -0.1) is 0 Å². The first-order chi connectivity index (χ1) is 12.4. The van der Waals surface area contributed by atoms with Crippen molar-refractivity contribution < 1.29 is 23.1 Å². The van der Waals surface area contributed by atoms with E-state index in [1.54, 1.807) is 42.5 Å². The number of amidine groups is 1. The Morgan fingerprint density at radius 1 is 1.08 bits per heavy atom. The number of carboxylic acid groups (broad SMARTS) is 1. The largest absolute Gasteiger partial charge is 0.481 e. The predicted molar refractivity (Wildman–Crippen MR) is 93.7 cm³/mol. The maximum Gasteiger partial charge on any atom is 0.312 e. The lowest BCUT2D eigenvalue weighted by atomic mass is 9.99. The van der Waals surface area contributed by atoms with Crippen LogP contribution in [0.1, 0.15) is 11.5 Å². The summed E-state index contributed by atoms with van der Waals surface area (Å²) in [6, 6.07) is 14.4. The van der Waals surface area contributed by atoms with Gasteiger partial charge in [-0.25, -0.2) is 13.4 Å². The normalized spacial score (nSPS) is 15.8. The van der Waals surface area contributed by atoms with E-state index in [-0.39, 0.29) is 17.1 Å². The van der Waals surface area contributed by atoms with E-state index in [0.717, 1.165) is 0 Å². The molecule has 1 atom stereocenters. The number of carbonyl (C=O) groups excluding carboxylic acids is 1. The fraction of sp³-hybridized carbons (Fsp3) is 0.118. The molecule has 0 aromatic heterocycles. The van der Waals surface area contributed by atoms with Crippen molar-refractivity contribution in [3.8, 4) is 0 Å². The highest BCUT2D eigenvalue weighted by atomic mass is 32.2. The fourth-order valence-corrected chi connectivity index (χ4v) is 3.66. The van der Waals surface area contributed by atoms with Gasteiger partial charge < -0.3 is 10.4 Å². The summed E-state index contributed by atoms with van der Waals surface area (Å²) in [6.07, 6.45) is 0. The van der Waals surface area contributed by atoms with Crippen LogP contribution in [0.3, 0.4) is 0 Å². The van der Waals surface area contributed by atoms with E-state index >= 15 is 0 Å². The number of hydrogen-bond donors (Lipinski definition) is 3. The Kier molecular flexibility index (Phi) is 4.72. The molecule has 0 fully saturated rings. The Bertz CT molecular complexity index is 986. The molecule has 134 valence electrons. The number of aliphatic carboxylic acids is 1. The van der Waals surface area contributed by atoms with Gasteiger partial charge in [0.1, 0.15) is 4.90 Å². The molecule has 2 aromatic rings. The monoisotopic (exact) mass is 373 g/mol. The number of rotatable bonds is 5. The number of amides is 1. The highest BCUT2D eigenvalue weighted by Crippen LogP contribution is 2.26. The molecule has 3 rings (SSSR count). The Labute approximate surface area is 149 Å². The smallest absolute Gasteiger partial charge is 0.312 e. The number of fused-ring (bicyclic) bond motifs is 1. The van der Waals surface area contributed by atoms with Gasteiger partial charge in [-0.2, -0.15) is 0 Å². The summed E-state index contributed by atoms with van der Waals surface area (Å²) in [5.41, 5.74) is 0.672. The minimum atomic E-state index is -3.90. The van der Waals surface area contributed by atoms with Crippen LogP contribution in [0.2, 0.25) is 0 Å². The molecule has 1 amide bonds. The van der Waals surface area contributed by atoms with E-state index in [2.05, 4.69) is 15.0 Å². The minimum absolute atomic E-state index is 0.0238. The standard InChI is InChI=1S/C17H15N3O5S/c21-16(18-10-12(17(22)23)11-6-2-1-3-7-11)15-19-13-8-4-5-9-14(13)26(24,25)20-15/h1-9,12H,10H2,(H,18,21)(H,19,20)(H,22,23). The SMILES string of the molecule is O=C(NCC(C(=O)O)c1ccccc1)C1=Nc2ccccc2S(=O)(=O)N1. The molecule has 2 aromatic carbocycles. The van der Waals surface area contributed by atoms with Gasteiger partial charge in [-0.05, 0) is 17.7 Å². The molecule has 0 spiro atoms. The molecular weight excluding hydrogens is 358 g/mol. The number of benzene rings is 2. The molecule has 0 saturated heterocycles. The van der Waals surface area contributed by atoms with Crippen LogP contribution in [-0.2, 0) is 19.6 Å². The van der Waals surface area contributed by atoms with E-state index in [1.807, 2.05) is 0 Å². The molecule has 1 aliphatic heterocycles. The summed E-state index contributed by atoms with van der Waals surface area (Å²) in [5, 5.41) is 11.8. The van der Waals surface area contributed by atoms with Crippen LogP contribution in [0.5, 0.6) is 0 Å². The summed E-state index contributed by atoms with van der Waals surface area (Å²) in [5.74, 6) is -3.27. The number of aliphatic imine (C=N–C) groups is 1. The van der Waals surface area contributed by atoms with Crippen LogP contribution >= 0.6 is 0 Å². The average molecular weight is 373 g/mol. The van der Waals surface area contributed by atoms with Crippen LogP contribution in [0.4, 0.5) is 5.69 Å². The third kappa shape index (κ3) is 3.57. The second-order valence-corrected chi connectivity index (χ2v) is 7.20. The number of carboxylic acids is 1. The van der Waals surface area contributed by atoms with Gasteiger partial charge in [0.15, 0.2) is 0 Å². The summed E-state index contributed by atoms with van der Waals surface area (Å²) in [4.78, 5) is 27.7. The van der Waals surface area contributed by atoms with Gasteiger partial charge >= 0.3 is 5.97 Å². The van der Waals surface area contributed by atoms with Gasteiger partial charge in [0.05, 0.1) is 11.6 Å². The van der Waals surface area contributed by atoms with Crippen LogP contribution in [-0.4, -0.2) is 37.8 Å². The van der Waals surface area contributed by atoms with Crippen molar-refractivity contribution in [3.63, 3.8) is 0 Å². The van der Waals surface area contributed by atoms with E-state index in [9.17, 15) is 23.1 Å². The van der Waals surface area contributed by atoms with Crippen molar-refractivity contribution >= 4 is 33.4 Å². The van der Waals surface area contributed by atoms with E-state index in [4.69, 9.17) is 0 Å². The molecule has 1 unspecified atom stereocenters. The van der Waals surface area contributed by atoms with E-state index < -0.39 is 33.7 Å². The zero-order valence-corrected chi connectivity index (χ0v) is 14.2. The van der Waals surface area contributed by atoms with Crippen molar-refractivity contribution in [2.75, 3.05) is 6.54 Å². The summed E-state index contributed by atoms with van der Waals surface area (Å²) < 4.78 is 26.5. The maximum absolute atomic E-state index is 12.3. The Morgan fingerprint density at radius 3 is 2.42 bits per heavy atom. The van der Waals surface area contributed by atoms with Crippen LogP contribution in [0.25, 0.3) is 0 Å². The molecule has 1 aliphatic rings. The molecule has 3 N–H and O–H groups in total. The minimum Gasteiger partial charge on any atom is -0.481 e. The van der Waals surface area contributed by atoms with Crippen molar-refractivity contribution in [1.29, 1.82) is 0 Å². The Hall–Kier alpha value is -3.20. The van der Waals surface area contributed by atoms with Crippen LogP contribution in [0, 0.1) is 0 Å². The molecule has 9 heteroatoms. The van der Waals surface area contributed by atoms with Crippen molar-refractivity contribution in [2.45, 2.75) is 10.8 Å². The lowest BCUT2D eigenvalue weighted by Gasteiger charge is -2.18. The zero-order valence-electron chi connectivity index (χ0n) is 13.4. The third-order valence-electron chi connectivity index (χ3n) is 3.80. The molecular formula is C17H15N3O5S. The quantitative estimate of drug-likeness (QED) is 0.721. The molecule has 0 radical (unpaired) electrons. The van der Waals surface area contributed by atoms with Crippen LogP contribution in [0.15, 0.2) is 64.5 Å². The maximum atomic E-state index is 12.3. The van der Waals surface area contributed by atoms with E-state index in [1.165, 1.54) is 12.1 Å². The third-order valence-corrected chi connectivity index (χ3v) is 5.19. The molecule has 0 saturated carbocycles. The molecule has 0 bridgehead atoms. The summed E-state index contributed by atoms with van der Waals surface area (Å²) >= 11 is 0. The van der Waals surface area contributed by atoms with E-state index in [0.29, 0.717) is 5.56 Å². The summed E-state index contributed by atoms with van der Waals surface area (Å²) in [7, 11) is -3.90. The number of nitrogens with one attached hydrogen (secondary N) is 2. The lowest BCUT2D eigenvalue weighted by Crippen LogP contribution is -2.45. The van der Waals surface area contributed by atoms with Crippen molar-refractivity contribution in [3.05, 3.63) is 60.2 Å². The number of carbonyl (C=O) groups is 2. The van der Waals surface area contributed by atoms with Gasteiger partial charge in [0, 0.05) is 6.54 Å². The number of para-hydroxylation sites is 1. The second kappa shape index (κ2) is 6.96. The zero-order chi connectivity index (χ0) is 18.7. The fourth-order valence-electron chi connectivity index (χ4n) is 2.51. The highest BCUT2D eigenvalue weighted by molar-refractivity contribution is 7.90. The first-order valence-electron chi connectivity index (χ1n) is 7.65. The topological polar surface area (TPSA) is 125 Å². The Balaban J connectivity index is 1.78. The number of sulfonamides is 1. The molecule has 0 aliphatic carbocycles. The average Bonchev–Trinajstić information content (AvgIpc) is 2.62. The van der Waals surface area contributed by atoms with Gasteiger partial charge in [-0.3, -0.25) is 14.3 Å². The molecule has 1 heterocycles. The van der Waals surface area contributed by atoms with Gasteiger partial charge in [-0.1, -0.05) is 42.5 Å². The number of hydrogen-bond acceptors (Lipinski definition) is 5. The first kappa shape index (κ1) is 17.6. The van der Waals surface area contributed by atoms with Crippen molar-refractivity contribution in [2.24, 2.45) is 4.99 Å². The summed E-state index contributed by atoms with van der Waals surface area (Å²) in [6.45, 7) is -0.208. The molecule has 8 nitrogen and oxygen atoms in total. The second-order valence-electron chi connectivity index (χ2n) is 5.55. The first-order valence-corrected chi connectivity index (χ1v) is 9.13. The van der Waals surface area contributed by atoms with Gasteiger partial charge in [0.25, 0.3) is 15.9 Å². The van der Waals surface area contributed by atoms with Crippen LogP contribution < -0.4 is 10.0 Å². The predicted octanol–water partition coefficient (Wildman–Crippen LogP) is 0.993.